The molecule has 0 aliphatic rings. The van der Waals surface area contributed by atoms with E-state index in [1.807, 2.05) is 31.1 Å². The number of fused-ring (bicyclic) bond motifs is 1. The van der Waals surface area contributed by atoms with Gasteiger partial charge in [0.1, 0.15) is 5.82 Å². The third-order valence-corrected chi connectivity index (χ3v) is 4.98. The Morgan fingerprint density at radius 2 is 1.93 bits per heavy atom. The lowest BCUT2D eigenvalue weighted by Gasteiger charge is -2.14. The van der Waals surface area contributed by atoms with Gasteiger partial charge in [0.2, 0.25) is 0 Å². The van der Waals surface area contributed by atoms with Crippen molar-refractivity contribution >= 4 is 40.8 Å². The smallest absolute Gasteiger partial charge is 0.191 e. The highest BCUT2D eigenvalue weighted by molar-refractivity contribution is 14.0. The summed E-state index contributed by atoms with van der Waals surface area (Å²) in [6.45, 7) is 4.06. The number of nitrogens with zero attached hydrogens (tertiary/aromatic N) is 2. The van der Waals surface area contributed by atoms with Crippen LogP contribution >= 0.6 is 24.0 Å². The van der Waals surface area contributed by atoms with Crippen molar-refractivity contribution in [3.05, 3.63) is 70.7 Å². The zero-order chi connectivity index (χ0) is 20.8. The molecule has 0 unspecified atom stereocenters. The summed E-state index contributed by atoms with van der Waals surface area (Å²) in [5.41, 5.74) is 5.48. The summed E-state index contributed by atoms with van der Waals surface area (Å²) in [4.78, 5) is 9.62. The van der Waals surface area contributed by atoms with Crippen molar-refractivity contribution in [2.75, 3.05) is 27.7 Å². The van der Waals surface area contributed by atoms with Crippen molar-refractivity contribution in [2.24, 2.45) is 4.99 Å². The summed E-state index contributed by atoms with van der Waals surface area (Å²) < 4.78 is 13.9. The summed E-state index contributed by atoms with van der Waals surface area (Å²) in [6.07, 6.45) is 2.98. The number of aryl methyl sites for hydroxylation is 1. The molecule has 3 aromatic rings. The zero-order valence-electron chi connectivity index (χ0n) is 18.1. The van der Waals surface area contributed by atoms with Crippen LogP contribution < -0.4 is 10.6 Å². The number of H-pyrrole nitrogens is 1. The molecule has 1 heterocycles. The molecule has 0 amide bonds. The number of guanidine groups is 1. The van der Waals surface area contributed by atoms with Gasteiger partial charge in [0.25, 0.3) is 0 Å². The molecule has 162 valence electrons. The molecule has 0 atom stereocenters. The lowest BCUT2D eigenvalue weighted by molar-refractivity contribution is 0.392. The van der Waals surface area contributed by atoms with Crippen molar-refractivity contribution in [3.63, 3.8) is 0 Å². The molecule has 3 rings (SSSR count). The molecular weight excluding hydrogens is 492 g/mol. The van der Waals surface area contributed by atoms with E-state index in [9.17, 15) is 4.39 Å². The fraction of sp³-hybridized carbons (Fsp3) is 0.348. The second kappa shape index (κ2) is 11.3. The van der Waals surface area contributed by atoms with Gasteiger partial charge in [-0.1, -0.05) is 24.3 Å². The fourth-order valence-electron chi connectivity index (χ4n) is 3.49. The molecule has 1 aromatic heterocycles. The molecule has 0 radical (unpaired) electrons. The Kier molecular flexibility index (Phi) is 9.10. The van der Waals surface area contributed by atoms with Gasteiger partial charge in [-0.25, -0.2) is 4.39 Å². The number of aromatic amines is 1. The molecule has 0 aliphatic heterocycles. The summed E-state index contributed by atoms with van der Waals surface area (Å²) in [6, 6.07) is 11.6. The highest BCUT2D eigenvalue weighted by Crippen LogP contribution is 2.21. The van der Waals surface area contributed by atoms with Crippen LogP contribution in [0.25, 0.3) is 10.9 Å². The summed E-state index contributed by atoms with van der Waals surface area (Å²) in [5, 5.41) is 7.94. The third kappa shape index (κ3) is 6.18. The summed E-state index contributed by atoms with van der Waals surface area (Å²) in [5.74, 6) is 0.568. The molecular formula is C23H31FIN5. The van der Waals surface area contributed by atoms with E-state index < -0.39 is 0 Å². The van der Waals surface area contributed by atoms with Crippen molar-refractivity contribution in [2.45, 2.75) is 26.4 Å². The van der Waals surface area contributed by atoms with Crippen LogP contribution in [0.2, 0.25) is 0 Å². The number of para-hydroxylation sites is 1. The van der Waals surface area contributed by atoms with Crippen molar-refractivity contribution in [3.8, 4) is 0 Å². The third-order valence-electron chi connectivity index (χ3n) is 4.98. The average Bonchev–Trinajstić information content (AvgIpc) is 3.11. The van der Waals surface area contributed by atoms with Gasteiger partial charge in [-0.3, -0.25) is 4.99 Å². The maximum atomic E-state index is 13.9. The number of hydrogen-bond donors (Lipinski definition) is 3. The number of aromatic nitrogens is 1. The van der Waals surface area contributed by atoms with E-state index in [1.165, 1.54) is 28.1 Å². The molecule has 0 aliphatic carbocycles. The number of hydrogen-bond acceptors (Lipinski definition) is 2. The van der Waals surface area contributed by atoms with Gasteiger partial charge in [0.15, 0.2) is 5.96 Å². The number of nitrogens with one attached hydrogen (secondary N) is 3. The Hall–Kier alpha value is -2.13. The van der Waals surface area contributed by atoms with Gasteiger partial charge in [0.05, 0.1) is 0 Å². The fourth-order valence-corrected chi connectivity index (χ4v) is 3.49. The van der Waals surface area contributed by atoms with E-state index in [4.69, 9.17) is 0 Å². The Labute approximate surface area is 195 Å². The maximum absolute atomic E-state index is 13.9. The quantitative estimate of drug-likeness (QED) is 0.247. The Morgan fingerprint density at radius 3 is 2.67 bits per heavy atom. The first-order chi connectivity index (χ1) is 14.0. The van der Waals surface area contributed by atoms with Gasteiger partial charge >= 0.3 is 0 Å². The van der Waals surface area contributed by atoms with E-state index in [0.717, 1.165) is 24.5 Å². The monoisotopic (exact) mass is 523 g/mol. The summed E-state index contributed by atoms with van der Waals surface area (Å²) in [7, 11) is 5.63. The van der Waals surface area contributed by atoms with E-state index in [0.29, 0.717) is 18.7 Å². The second-order valence-corrected chi connectivity index (χ2v) is 7.58. The Bertz CT molecular complexity index is 996. The largest absolute Gasteiger partial charge is 0.361 e. The van der Waals surface area contributed by atoms with Gasteiger partial charge in [-0.2, -0.15) is 0 Å². The molecule has 3 N–H and O–H groups in total. The number of benzene rings is 2. The van der Waals surface area contributed by atoms with Crippen molar-refractivity contribution in [1.29, 1.82) is 0 Å². The van der Waals surface area contributed by atoms with Gasteiger partial charge in [-0.05, 0) is 56.3 Å². The Balaban J connectivity index is 0.00000320. The first-order valence-corrected chi connectivity index (χ1v) is 9.90. The van der Waals surface area contributed by atoms with E-state index in [-0.39, 0.29) is 29.8 Å². The predicted octanol–water partition coefficient (Wildman–Crippen LogP) is 4.20. The Morgan fingerprint density at radius 1 is 1.13 bits per heavy atom. The molecule has 0 saturated heterocycles. The minimum absolute atomic E-state index is 0. The standard InChI is InChI=1S/C23H30FN5.HI/c1-16-6-5-7-20-18(14-27-22(16)20)10-11-26-23(25-2)28-13-17-8-9-21(24)19(12-17)15-29(3)4;/h5-9,12,14,27H,10-11,13,15H2,1-4H3,(H2,25,26,28);1H. The van der Waals surface area contributed by atoms with Crippen LogP contribution in [0.1, 0.15) is 22.3 Å². The maximum Gasteiger partial charge on any atom is 0.191 e. The van der Waals surface area contributed by atoms with Crippen LogP contribution in [-0.4, -0.2) is 43.5 Å². The van der Waals surface area contributed by atoms with Gasteiger partial charge < -0.3 is 20.5 Å². The molecule has 2 aromatic carbocycles. The highest BCUT2D eigenvalue weighted by Gasteiger charge is 2.07. The normalized spacial score (nSPS) is 11.6. The van der Waals surface area contributed by atoms with Gasteiger partial charge in [-0.15, -0.1) is 24.0 Å². The molecule has 7 heteroatoms. The molecule has 0 bridgehead atoms. The second-order valence-electron chi connectivity index (χ2n) is 7.58. The topological polar surface area (TPSA) is 55.5 Å². The van der Waals surface area contributed by atoms with Crippen molar-refractivity contribution < 1.29 is 4.39 Å². The average molecular weight is 523 g/mol. The molecule has 5 nitrogen and oxygen atoms in total. The first kappa shape index (κ1) is 24.1. The SMILES string of the molecule is CN=C(NCCc1c[nH]c2c(C)cccc12)NCc1ccc(F)c(CN(C)C)c1.I. The van der Waals surface area contributed by atoms with Crippen LogP contribution in [0.4, 0.5) is 4.39 Å². The van der Waals surface area contributed by atoms with Gasteiger partial charge in [0, 0.05) is 49.3 Å². The predicted molar refractivity (Wildman–Crippen MR) is 134 cm³/mol. The minimum Gasteiger partial charge on any atom is -0.361 e. The molecule has 0 fully saturated rings. The summed E-state index contributed by atoms with van der Waals surface area (Å²) >= 11 is 0. The molecule has 0 saturated carbocycles. The number of halogens is 2. The minimum atomic E-state index is -0.168. The number of rotatable bonds is 7. The zero-order valence-corrected chi connectivity index (χ0v) is 20.4. The lowest BCUT2D eigenvalue weighted by Crippen LogP contribution is -2.37. The highest BCUT2D eigenvalue weighted by atomic mass is 127. The van der Waals surface area contributed by atoms with E-state index in [2.05, 4.69) is 51.9 Å². The van der Waals surface area contributed by atoms with Crippen LogP contribution in [-0.2, 0) is 19.5 Å². The molecule has 30 heavy (non-hydrogen) atoms. The molecule has 0 spiro atoms. The van der Waals surface area contributed by atoms with Crippen LogP contribution in [0.5, 0.6) is 0 Å². The first-order valence-electron chi connectivity index (χ1n) is 9.90. The van der Waals surface area contributed by atoms with Crippen molar-refractivity contribution in [1.82, 2.24) is 20.5 Å². The van der Waals surface area contributed by atoms with Crippen LogP contribution in [0.15, 0.2) is 47.6 Å². The van der Waals surface area contributed by atoms with Crippen LogP contribution in [0.3, 0.4) is 0 Å². The van der Waals surface area contributed by atoms with E-state index in [1.54, 1.807) is 7.05 Å². The van der Waals surface area contributed by atoms with E-state index >= 15 is 0 Å². The number of aliphatic imine (C=N–C) groups is 1. The van der Waals surface area contributed by atoms with Crippen LogP contribution in [0, 0.1) is 12.7 Å². The lowest BCUT2D eigenvalue weighted by atomic mass is 10.1.